The lowest BCUT2D eigenvalue weighted by molar-refractivity contribution is 0.0952. The molecule has 0 atom stereocenters. The largest absolute Gasteiger partial charge is 0.497 e. The molecule has 1 aliphatic rings. The lowest BCUT2D eigenvalue weighted by Gasteiger charge is -2.10. The fourth-order valence-corrected chi connectivity index (χ4v) is 3.62. The van der Waals surface area contributed by atoms with Crippen molar-refractivity contribution < 1.29 is 9.53 Å². The lowest BCUT2D eigenvalue weighted by Crippen LogP contribution is -2.25. The van der Waals surface area contributed by atoms with Gasteiger partial charge in [0, 0.05) is 11.6 Å². The average Bonchev–Trinajstić information content (AvgIpc) is 3.54. The van der Waals surface area contributed by atoms with E-state index in [-0.39, 0.29) is 11.9 Å². The van der Waals surface area contributed by atoms with Gasteiger partial charge in [-0.3, -0.25) is 4.79 Å². The number of carbonyl (C=O) groups is 1. The van der Waals surface area contributed by atoms with E-state index in [0.29, 0.717) is 11.2 Å². The SMILES string of the molecule is COc1ccc(-c2cc(C(=O)NC3CC3)c3c(C)nn(-c4ccccc4)c3n2)cc1. The second-order valence-electron chi connectivity index (χ2n) is 7.56. The predicted molar refractivity (Wildman–Crippen MR) is 116 cm³/mol. The predicted octanol–water partition coefficient (Wildman–Crippen LogP) is 4.30. The second kappa shape index (κ2) is 7.30. The summed E-state index contributed by atoms with van der Waals surface area (Å²) in [7, 11) is 1.64. The molecule has 0 unspecified atom stereocenters. The number of hydrogen-bond acceptors (Lipinski definition) is 4. The molecule has 1 N–H and O–H groups in total. The Hall–Kier alpha value is -3.67. The monoisotopic (exact) mass is 398 g/mol. The van der Waals surface area contributed by atoms with Crippen LogP contribution < -0.4 is 10.1 Å². The Morgan fingerprint density at radius 2 is 1.83 bits per heavy atom. The van der Waals surface area contributed by atoms with Crippen molar-refractivity contribution in [1.29, 1.82) is 0 Å². The number of nitrogens with one attached hydrogen (secondary N) is 1. The third-order valence-corrected chi connectivity index (χ3v) is 5.36. The smallest absolute Gasteiger partial charge is 0.252 e. The summed E-state index contributed by atoms with van der Waals surface area (Å²) in [6, 6.07) is 19.7. The van der Waals surface area contributed by atoms with Crippen molar-refractivity contribution in [3.63, 3.8) is 0 Å². The van der Waals surface area contributed by atoms with Crippen LogP contribution in [0.25, 0.3) is 28.0 Å². The van der Waals surface area contributed by atoms with Crippen LogP contribution in [0.15, 0.2) is 60.7 Å². The number of nitrogens with zero attached hydrogens (tertiary/aromatic N) is 3. The van der Waals surface area contributed by atoms with Crippen LogP contribution in [-0.2, 0) is 0 Å². The van der Waals surface area contributed by atoms with Gasteiger partial charge in [-0.2, -0.15) is 5.10 Å². The van der Waals surface area contributed by atoms with E-state index >= 15 is 0 Å². The summed E-state index contributed by atoms with van der Waals surface area (Å²) in [4.78, 5) is 18.0. The van der Waals surface area contributed by atoms with E-state index in [1.54, 1.807) is 7.11 Å². The molecule has 0 radical (unpaired) electrons. The van der Waals surface area contributed by atoms with Crippen molar-refractivity contribution in [3.05, 3.63) is 71.9 Å². The van der Waals surface area contributed by atoms with Gasteiger partial charge in [-0.05, 0) is 62.2 Å². The Morgan fingerprint density at radius 3 is 2.50 bits per heavy atom. The van der Waals surface area contributed by atoms with E-state index in [2.05, 4.69) is 5.32 Å². The fourth-order valence-electron chi connectivity index (χ4n) is 3.62. The van der Waals surface area contributed by atoms with Crippen LogP contribution >= 0.6 is 0 Å². The number of fused-ring (bicyclic) bond motifs is 1. The van der Waals surface area contributed by atoms with Crippen molar-refractivity contribution in [2.75, 3.05) is 7.11 Å². The van der Waals surface area contributed by atoms with E-state index in [1.807, 2.05) is 72.3 Å². The van der Waals surface area contributed by atoms with Crippen molar-refractivity contribution in [2.45, 2.75) is 25.8 Å². The molecule has 0 spiro atoms. The quantitative estimate of drug-likeness (QED) is 0.544. The summed E-state index contributed by atoms with van der Waals surface area (Å²) >= 11 is 0. The van der Waals surface area contributed by atoms with Gasteiger partial charge in [0.1, 0.15) is 5.75 Å². The minimum Gasteiger partial charge on any atom is -0.497 e. The number of aryl methyl sites for hydroxylation is 1. The molecule has 150 valence electrons. The first-order valence-electron chi connectivity index (χ1n) is 10.0. The number of methoxy groups -OCH3 is 1. The van der Waals surface area contributed by atoms with Crippen molar-refractivity contribution in [1.82, 2.24) is 20.1 Å². The molecule has 2 aromatic heterocycles. The summed E-state index contributed by atoms with van der Waals surface area (Å²) in [6.45, 7) is 1.92. The maximum absolute atomic E-state index is 13.1. The highest BCUT2D eigenvalue weighted by atomic mass is 16.5. The Balaban J connectivity index is 1.73. The molecule has 0 aliphatic heterocycles. The molecular formula is C24H22N4O2. The number of rotatable bonds is 5. The van der Waals surface area contributed by atoms with Crippen LogP contribution in [-0.4, -0.2) is 33.8 Å². The highest BCUT2D eigenvalue weighted by Gasteiger charge is 2.27. The zero-order chi connectivity index (χ0) is 20.7. The minimum atomic E-state index is -0.0737. The van der Waals surface area contributed by atoms with Crippen molar-refractivity contribution in [2.24, 2.45) is 0 Å². The van der Waals surface area contributed by atoms with E-state index in [4.69, 9.17) is 14.8 Å². The molecule has 0 saturated heterocycles. The first-order valence-corrected chi connectivity index (χ1v) is 10.0. The maximum Gasteiger partial charge on any atom is 0.252 e. The number of aromatic nitrogens is 3. The molecule has 5 rings (SSSR count). The summed E-state index contributed by atoms with van der Waals surface area (Å²) in [6.07, 6.45) is 2.07. The molecule has 6 nitrogen and oxygen atoms in total. The van der Waals surface area contributed by atoms with Gasteiger partial charge in [-0.25, -0.2) is 9.67 Å². The Kier molecular flexibility index (Phi) is 4.47. The number of amides is 1. The molecule has 1 saturated carbocycles. The zero-order valence-electron chi connectivity index (χ0n) is 16.9. The Bertz CT molecular complexity index is 1230. The van der Waals surface area contributed by atoms with Gasteiger partial charge in [-0.1, -0.05) is 18.2 Å². The van der Waals surface area contributed by atoms with E-state index in [0.717, 1.165) is 46.6 Å². The van der Waals surface area contributed by atoms with Gasteiger partial charge >= 0.3 is 0 Å². The van der Waals surface area contributed by atoms with Crippen LogP contribution in [0.5, 0.6) is 5.75 Å². The lowest BCUT2D eigenvalue weighted by atomic mass is 10.0. The molecule has 1 amide bonds. The minimum absolute atomic E-state index is 0.0737. The number of benzene rings is 2. The molecule has 0 bridgehead atoms. The van der Waals surface area contributed by atoms with Crippen LogP contribution in [0.3, 0.4) is 0 Å². The maximum atomic E-state index is 13.1. The van der Waals surface area contributed by atoms with Crippen LogP contribution in [0.2, 0.25) is 0 Å². The molecule has 1 aliphatic carbocycles. The molecule has 6 heteroatoms. The van der Waals surface area contributed by atoms with Crippen molar-refractivity contribution >= 4 is 16.9 Å². The van der Waals surface area contributed by atoms with Gasteiger partial charge < -0.3 is 10.1 Å². The normalized spacial score (nSPS) is 13.4. The number of hydrogen-bond donors (Lipinski definition) is 1. The van der Waals surface area contributed by atoms with Crippen LogP contribution in [0.4, 0.5) is 0 Å². The number of pyridine rings is 1. The molecule has 4 aromatic rings. The van der Waals surface area contributed by atoms with E-state index in [9.17, 15) is 4.79 Å². The second-order valence-corrected chi connectivity index (χ2v) is 7.56. The molecular weight excluding hydrogens is 376 g/mol. The standard InChI is InChI=1S/C24H22N4O2/c1-15-22-20(24(29)25-17-10-11-17)14-21(16-8-12-19(30-2)13-9-16)26-23(22)28(27-15)18-6-4-3-5-7-18/h3-9,12-14,17H,10-11H2,1-2H3,(H,25,29). The van der Waals surface area contributed by atoms with Gasteiger partial charge in [0.2, 0.25) is 0 Å². The van der Waals surface area contributed by atoms with Gasteiger partial charge in [0.05, 0.1) is 35.1 Å². The Labute approximate surface area is 174 Å². The first-order chi connectivity index (χ1) is 14.6. The van der Waals surface area contributed by atoms with Gasteiger partial charge in [0.15, 0.2) is 5.65 Å². The van der Waals surface area contributed by atoms with E-state index in [1.165, 1.54) is 0 Å². The zero-order valence-corrected chi connectivity index (χ0v) is 16.9. The molecule has 2 aromatic carbocycles. The van der Waals surface area contributed by atoms with Crippen LogP contribution in [0, 0.1) is 6.92 Å². The highest BCUT2D eigenvalue weighted by molar-refractivity contribution is 6.08. The third-order valence-electron chi connectivity index (χ3n) is 5.36. The molecule has 2 heterocycles. The van der Waals surface area contributed by atoms with Gasteiger partial charge in [0.25, 0.3) is 5.91 Å². The topological polar surface area (TPSA) is 69.0 Å². The molecule has 1 fully saturated rings. The summed E-state index contributed by atoms with van der Waals surface area (Å²) < 4.78 is 7.08. The molecule has 30 heavy (non-hydrogen) atoms. The first kappa shape index (κ1) is 18.4. The fraction of sp³-hybridized carbons (Fsp3) is 0.208. The summed E-state index contributed by atoms with van der Waals surface area (Å²) in [5, 5.41) is 8.61. The van der Waals surface area contributed by atoms with E-state index < -0.39 is 0 Å². The van der Waals surface area contributed by atoms with Gasteiger partial charge in [-0.15, -0.1) is 0 Å². The number of carbonyl (C=O) groups excluding carboxylic acids is 1. The number of para-hydroxylation sites is 1. The van der Waals surface area contributed by atoms with Crippen LogP contribution in [0.1, 0.15) is 28.9 Å². The third kappa shape index (κ3) is 3.30. The Morgan fingerprint density at radius 1 is 1.10 bits per heavy atom. The average molecular weight is 398 g/mol. The highest BCUT2D eigenvalue weighted by Crippen LogP contribution is 2.30. The summed E-state index contributed by atoms with van der Waals surface area (Å²) in [5.41, 5.74) is 4.61. The van der Waals surface area contributed by atoms with Crippen molar-refractivity contribution in [3.8, 4) is 22.7 Å². The number of ether oxygens (including phenoxy) is 1. The summed E-state index contributed by atoms with van der Waals surface area (Å²) in [5.74, 6) is 0.701.